The van der Waals surface area contributed by atoms with E-state index in [-0.39, 0.29) is 12.1 Å². The fourth-order valence-corrected chi connectivity index (χ4v) is 4.64. The van der Waals surface area contributed by atoms with Crippen LogP contribution >= 0.6 is 15.9 Å². The first-order chi connectivity index (χ1) is 12.0. The minimum atomic E-state index is -0.530. The first-order valence-electron chi connectivity index (χ1n) is 9.04. The normalized spacial score (nSPS) is 29.8. The van der Waals surface area contributed by atoms with Crippen molar-refractivity contribution in [3.63, 3.8) is 0 Å². The Morgan fingerprint density at radius 3 is 2.52 bits per heavy atom. The van der Waals surface area contributed by atoms with Crippen molar-refractivity contribution in [3.05, 3.63) is 34.3 Å². The van der Waals surface area contributed by atoms with Gasteiger partial charge in [0.05, 0.1) is 19.3 Å². The number of amides is 1. The molecule has 0 N–H and O–H groups in total. The van der Waals surface area contributed by atoms with Crippen LogP contribution in [-0.2, 0) is 14.2 Å². The van der Waals surface area contributed by atoms with Gasteiger partial charge >= 0.3 is 6.09 Å². The third kappa shape index (κ3) is 3.32. The maximum absolute atomic E-state index is 12.8. The Hall–Kier alpha value is -1.11. The fourth-order valence-electron chi connectivity index (χ4n) is 4.37. The summed E-state index contributed by atoms with van der Waals surface area (Å²) >= 11 is 3.45. The van der Waals surface area contributed by atoms with Crippen LogP contribution in [-0.4, -0.2) is 42.1 Å². The molecule has 2 saturated heterocycles. The summed E-state index contributed by atoms with van der Waals surface area (Å²) in [5, 5.41) is 0. The third-order valence-electron chi connectivity index (χ3n) is 5.76. The number of rotatable bonds is 2. The molecule has 2 spiro atoms. The van der Waals surface area contributed by atoms with Gasteiger partial charge < -0.3 is 19.1 Å². The molecular formula is C19H24BrNO4. The van der Waals surface area contributed by atoms with Gasteiger partial charge in [-0.3, -0.25) is 0 Å². The Kier molecular flexibility index (Phi) is 4.54. The zero-order valence-corrected chi connectivity index (χ0v) is 16.1. The van der Waals surface area contributed by atoms with Crippen LogP contribution in [0.5, 0.6) is 0 Å². The molecule has 25 heavy (non-hydrogen) atoms. The molecule has 4 rings (SSSR count). The summed E-state index contributed by atoms with van der Waals surface area (Å²) in [6, 6.07) is 8.09. The van der Waals surface area contributed by atoms with E-state index in [4.69, 9.17) is 14.2 Å². The molecule has 2 aliphatic heterocycles. The van der Waals surface area contributed by atoms with Crippen LogP contribution < -0.4 is 0 Å². The summed E-state index contributed by atoms with van der Waals surface area (Å²) in [7, 11) is 0. The van der Waals surface area contributed by atoms with Crippen molar-refractivity contribution in [1.29, 1.82) is 0 Å². The van der Waals surface area contributed by atoms with E-state index in [0.29, 0.717) is 26.2 Å². The summed E-state index contributed by atoms with van der Waals surface area (Å²) in [6.45, 7) is 4.02. The van der Waals surface area contributed by atoms with Gasteiger partial charge in [0.1, 0.15) is 5.60 Å². The lowest BCUT2D eigenvalue weighted by molar-refractivity contribution is -0.225. The maximum Gasteiger partial charge on any atom is 0.410 e. The Morgan fingerprint density at radius 1 is 1.12 bits per heavy atom. The second-order valence-corrected chi connectivity index (χ2v) is 8.28. The first kappa shape index (κ1) is 17.3. The molecule has 0 aromatic heterocycles. The van der Waals surface area contributed by atoms with Gasteiger partial charge in [0.25, 0.3) is 0 Å². The predicted octanol–water partition coefficient (Wildman–Crippen LogP) is 4.41. The second kappa shape index (κ2) is 6.56. The largest absolute Gasteiger partial charge is 0.442 e. The lowest BCUT2D eigenvalue weighted by Gasteiger charge is -2.48. The van der Waals surface area contributed by atoms with Gasteiger partial charge in [0.2, 0.25) is 0 Å². The van der Waals surface area contributed by atoms with Crippen molar-refractivity contribution in [3.8, 4) is 0 Å². The average molecular weight is 410 g/mol. The molecule has 136 valence electrons. The molecule has 3 aliphatic rings. The number of benzene rings is 1. The van der Waals surface area contributed by atoms with Crippen molar-refractivity contribution in [2.45, 2.75) is 56.5 Å². The Balaban J connectivity index is 1.46. The molecule has 3 fully saturated rings. The van der Waals surface area contributed by atoms with Crippen LogP contribution in [0.15, 0.2) is 28.7 Å². The lowest BCUT2D eigenvalue weighted by Crippen LogP contribution is -2.55. The molecular weight excluding hydrogens is 386 g/mol. The van der Waals surface area contributed by atoms with E-state index in [0.717, 1.165) is 35.7 Å². The van der Waals surface area contributed by atoms with E-state index >= 15 is 0 Å². The lowest BCUT2D eigenvalue weighted by atomic mass is 9.78. The van der Waals surface area contributed by atoms with Gasteiger partial charge in [0.15, 0.2) is 5.79 Å². The monoisotopic (exact) mass is 409 g/mol. The highest BCUT2D eigenvalue weighted by Crippen LogP contribution is 2.46. The average Bonchev–Trinajstić information content (AvgIpc) is 3.02. The van der Waals surface area contributed by atoms with Crippen LogP contribution in [0.2, 0.25) is 0 Å². The number of carbonyl (C=O) groups excluding carboxylic acids is 1. The van der Waals surface area contributed by atoms with Crippen LogP contribution in [0.4, 0.5) is 4.79 Å². The van der Waals surface area contributed by atoms with E-state index in [1.54, 1.807) is 0 Å². The minimum absolute atomic E-state index is 0.00511. The molecule has 1 amide bonds. The number of carbonyl (C=O) groups is 1. The quantitative estimate of drug-likeness (QED) is 0.725. The van der Waals surface area contributed by atoms with Crippen molar-refractivity contribution >= 4 is 22.0 Å². The zero-order valence-electron chi connectivity index (χ0n) is 14.5. The molecule has 1 saturated carbocycles. The molecule has 0 radical (unpaired) electrons. The molecule has 1 aliphatic carbocycles. The number of hydrogen-bond donors (Lipinski definition) is 0. The molecule has 0 unspecified atom stereocenters. The molecule has 1 aromatic carbocycles. The van der Waals surface area contributed by atoms with Crippen LogP contribution in [0.1, 0.15) is 50.6 Å². The van der Waals surface area contributed by atoms with Gasteiger partial charge in [-0.15, -0.1) is 0 Å². The summed E-state index contributed by atoms with van der Waals surface area (Å²) in [5.74, 6) is -0.530. The van der Waals surface area contributed by atoms with Crippen molar-refractivity contribution in [2.24, 2.45) is 0 Å². The zero-order chi connectivity index (χ0) is 17.5. The van der Waals surface area contributed by atoms with Crippen LogP contribution in [0.25, 0.3) is 0 Å². The minimum Gasteiger partial charge on any atom is -0.442 e. The van der Waals surface area contributed by atoms with Crippen molar-refractivity contribution in [2.75, 3.05) is 19.8 Å². The van der Waals surface area contributed by atoms with Gasteiger partial charge in [-0.25, -0.2) is 4.79 Å². The van der Waals surface area contributed by atoms with E-state index in [1.807, 2.05) is 36.1 Å². The van der Waals surface area contributed by atoms with Crippen molar-refractivity contribution in [1.82, 2.24) is 4.90 Å². The number of halogens is 1. The summed E-state index contributed by atoms with van der Waals surface area (Å²) < 4.78 is 18.8. The Bertz CT molecular complexity index is 643. The Morgan fingerprint density at radius 2 is 1.84 bits per heavy atom. The second-order valence-electron chi connectivity index (χ2n) is 7.36. The number of ether oxygens (including phenoxy) is 3. The SMILES string of the molecule is C[C@@H](c1ccc(Br)cc1)N1CC[C@@]2(CCCC3(C2)OCCO3)OC1=O. The molecule has 2 heterocycles. The van der Waals surface area contributed by atoms with E-state index in [9.17, 15) is 4.79 Å². The topological polar surface area (TPSA) is 48.0 Å². The highest BCUT2D eigenvalue weighted by atomic mass is 79.9. The van der Waals surface area contributed by atoms with Crippen LogP contribution in [0, 0.1) is 0 Å². The summed E-state index contributed by atoms with van der Waals surface area (Å²) in [5.41, 5.74) is 0.675. The van der Waals surface area contributed by atoms with E-state index < -0.39 is 11.4 Å². The van der Waals surface area contributed by atoms with E-state index in [1.165, 1.54) is 0 Å². The van der Waals surface area contributed by atoms with Crippen LogP contribution in [0.3, 0.4) is 0 Å². The predicted molar refractivity (Wildman–Crippen MR) is 96.2 cm³/mol. The van der Waals surface area contributed by atoms with Gasteiger partial charge in [-0.05, 0) is 37.5 Å². The number of nitrogens with zero attached hydrogens (tertiary/aromatic N) is 1. The summed E-state index contributed by atoms with van der Waals surface area (Å²) in [6.07, 6.45) is 4.02. The highest BCUT2D eigenvalue weighted by Gasteiger charge is 2.53. The third-order valence-corrected chi connectivity index (χ3v) is 6.29. The smallest absolute Gasteiger partial charge is 0.410 e. The Labute approximate surface area is 156 Å². The number of hydrogen-bond acceptors (Lipinski definition) is 4. The molecule has 5 nitrogen and oxygen atoms in total. The van der Waals surface area contributed by atoms with Gasteiger partial charge in [0, 0.05) is 30.3 Å². The highest BCUT2D eigenvalue weighted by molar-refractivity contribution is 9.10. The fraction of sp³-hybridized carbons (Fsp3) is 0.632. The van der Waals surface area contributed by atoms with Crippen molar-refractivity contribution < 1.29 is 19.0 Å². The first-order valence-corrected chi connectivity index (χ1v) is 9.83. The molecule has 0 bridgehead atoms. The molecule has 2 atom stereocenters. The van der Waals surface area contributed by atoms with Gasteiger partial charge in [-0.1, -0.05) is 28.1 Å². The molecule has 1 aromatic rings. The van der Waals surface area contributed by atoms with E-state index in [2.05, 4.69) is 15.9 Å². The molecule has 6 heteroatoms. The van der Waals surface area contributed by atoms with Gasteiger partial charge in [-0.2, -0.15) is 0 Å². The standard InChI is InChI=1S/C19H24BrNO4/c1-14(15-3-5-16(20)6-4-15)21-10-9-18(25-17(21)22)7-2-8-19(13-18)23-11-12-24-19/h3-6,14H,2,7-13H2,1H3/t14-,18+/m0/s1. The summed E-state index contributed by atoms with van der Waals surface area (Å²) in [4.78, 5) is 14.6. The maximum atomic E-state index is 12.8.